The lowest BCUT2D eigenvalue weighted by molar-refractivity contribution is -0.267. The highest BCUT2D eigenvalue weighted by atomic mass is 19.4. The van der Waals surface area contributed by atoms with Gasteiger partial charge in [0.1, 0.15) is 11.2 Å². The highest BCUT2D eigenvalue weighted by Crippen LogP contribution is 2.61. The average Bonchev–Trinajstić information content (AvgIpc) is 3.05. The first-order chi connectivity index (χ1) is 12.9. The van der Waals surface area contributed by atoms with E-state index in [1.54, 1.807) is 0 Å². The van der Waals surface area contributed by atoms with Crippen molar-refractivity contribution in [3.8, 4) is 0 Å². The number of halogens is 3. The summed E-state index contributed by atoms with van der Waals surface area (Å²) in [5.74, 6) is -0.0937. The van der Waals surface area contributed by atoms with Crippen LogP contribution in [0.25, 0.3) is 0 Å². The van der Waals surface area contributed by atoms with Crippen LogP contribution in [0, 0.1) is 17.8 Å². The molecule has 0 saturated heterocycles. The molecule has 5 aliphatic carbocycles. The van der Waals surface area contributed by atoms with Gasteiger partial charge in [0.25, 0.3) is 0 Å². The summed E-state index contributed by atoms with van der Waals surface area (Å²) < 4.78 is 51.1. The van der Waals surface area contributed by atoms with E-state index in [0.717, 1.165) is 19.3 Å². The zero-order valence-corrected chi connectivity index (χ0v) is 16.9. The minimum absolute atomic E-state index is 0.261. The van der Waals surface area contributed by atoms with E-state index in [0.29, 0.717) is 37.0 Å². The fraction of sp³-hybridized carbons (Fsp3) is 0.864. The molecule has 2 atom stereocenters. The molecule has 0 spiro atoms. The van der Waals surface area contributed by atoms with Crippen LogP contribution in [0.2, 0.25) is 0 Å². The quantitative estimate of drug-likeness (QED) is 0.437. The van der Waals surface area contributed by atoms with Crippen LogP contribution in [-0.4, -0.2) is 28.9 Å². The second-order valence-corrected chi connectivity index (χ2v) is 10.4. The number of carbonyl (C=O) groups excluding carboxylic acids is 1. The molecule has 0 aromatic heterocycles. The van der Waals surface area contributed by atoms with Crippen molar-refractivity contribution in [3.05, 3.63) is 12.2 Å². The van der Waals surface area contributed by atoms with Crippen molar-refractivity contribution < 1.29 is 27.4 Å². The van der Waals surface area contributed by atoms with Gasteiger partial charge in [0.05, 0.1) is 11.2 Å². The second-order valence-electron chi connectivity index (χ2n) is 10.4. The number of esters is 1. The Kier molecular flexibility index (Phi) is 4.68. The first-order valence-corrected chi connectivity index (χ1v) is 10.6. The molecule has 0 radical (unpaired) electrons. The van der Waals surface area contributed by atoms with E-state index < -0.39 is 23.3 Å². The fourth-order valence-electron chi connectivity index (χ4n) is 6.97. The number of hydrogen-bond acceptors (Lipinski definition) is 3. The molecular weight excluding hydrogens is 369 g/mol. The Morgan fingerprint density at radius 2 is 1.54 bits per heavy atom. The second kappa shape index (κ2) is 6.48. The summed E-state index contributed by atoms with van der Waals surface area (Å²) in [6.07, 6.45) is 4.78. The third kappa shape index (κ3) is 3.61. The van der Waals surface area contributed by atoms with Crippen LogP contribution in [0.4, 0.5) is 13.2 Å². The van der Waals surface area contributed by atoms with Crippen LogP contribution >= 0.6 is 0 Å². The Morgan fingerprint density at radius 3 is 2.07 bits per heavy atom. The summed E-state index contributed by atoms with van der Waals surface area (Å²) in [6, 6.07) is 0. The molecule has 28 heavy (non-hydrogen) atoms. The molecule has 6 heteroatoms. The molecule has 0 aromatic rings. The van der Waals surface area contributed by atoms with Gasteiger partial charge in [-0.05, 0) is 76.5 Å². The maximum atomic E-state index is 12.9. The van der Waals surface area contributed by atoms with Gasteiger partial charge in [-0.3, -0.25) is 0 Å². The Labute approximate surface area is 165 Å². The van der Waals surface area contributed by atoms with Gasteiger partial charge in [0.2, 0.25) is 0 Å². The summed E-state index contributed by atoms with van der Waals surface area (Å²) >= 11 is 0. The summed E-state index contributed by atoms with van der Waals surface area (Å²) in [6.45, 7) is 7.24. The number of hydrogen-bond donors (Lipinski definition) is 0. The SMILES string of the molecule is C=C(C(=O)OC12CC3CC(C1)CC(OC(C)(C)C1CCCC1)(C3)C2)C(F)(F)F. The Morgan fingerprint density at radius 1 is 1.00 bits per heavy atom. The third-order valence-electron chi connectivity index (χ3n) is 7.67. The van der Waals surface area contributed by atoms with Gasteiger partial charge in [-0.1, -0.05) is 19.4 Å². The molecule has 3 nitrogen and oxygen atoms in total. The van der Waals surface area contributed by atoms with E-state index in [1.165, 1.54) is 25.7 Å². The van der Waals surface area contributed by atoms with Crippen molar-refractivity contribution in [2.45, 2.75) is 101 Å². The minimum atomic E-state index is -4.75. The molecular formula is C22H31F3O3. The topological polar surface area (TPSA) is 35.5 Å². The molecule has 0 amide bonds. The van der Waals surface area contributed by atoms with Crippen LogP contribution in [0.1, 0.15) is 78.1 Å². The predicted molar refractivity (Wildman–Crippen MR) is 98.6 cm³/mol. The average molecular weight is 400 g/mol. The Bertz CT molecular complexity index is 646. The molecule has 0 heterocycles. The molecule has 5 saturated carbocycles. The summed E-state index contributed by atoms with van der Waals surface area (Å²) in [4.78, 5) is 12.2. The maximum Gasteiger partial charge on any atom is 0.422 e. The van der Waals surface area contributed by atoms with Gasteiger partial charge in [0.15, 0.2) is 0 Å². The van der Waals surface area contributed by atoms with Crippen molar-refractivity contribution in [3.63, 3.8) is 0 Å². The fourth-order valence-corrected chi connectivity index (χ4v) is 6.97. The zero-order chi connectivity index (χ0) is 20.4. The number of rotatable bonds is 5. The van der Waals surface area contributed by atoms with Crippen LogP contribution in [0.3, 0.4) is 0 Å². The van der Waals surface area contributed by atoms with Crippen molar-refractivity contribution >= 4 is 5.97 Å². The lowest BCUT2D eigenvalue weighted by atomic mass is 9.52. The van der Waals surface area contributed by atoms with Crippen LogP contribution in [0.15, 0.2) is 12.2 Å². The van der Waals surface area contributed by atoms with E-state index in [1.807, 2.05) is 0 Å². The summed E-state index contributed by atoms with van der Waals surface area (Å²) in [5, 5.41) is 0. The molecule has 0 aliphatic heterocycles. The molecule has 5 fully saturated rings. The Hall–Kier alpha value is -1.04. The standard InChI is InChI=1S/C22H31F3O3/c1-14(22(23,24)25)18(26)27-20-9-15-8-16(10-20)12-21(11-15,13-20)28-19(2,3)17-6-4-5-7-17/h15-17H,1,4-13H2,2-3H3. The molecule has 5 rings (SSSR count). The first-order valence-electron chi connectivity index (χ1n) is 10.6. The molecule has 2 unspecified atom stereocenters. The van der Waals surface area contributed by atoms with Gasteiger partial charge >= 0.3 is 12.1 Å². The van der Waals surface area contributed by atoms with Crippen molar-refractivity contribution in [1.82, 2.24) is 0 Å². The number of alkyl halides is 3. The lowest BCUT2D eigenvalue weighted by Gasteiger charge is -2.62. The molecule has 0 aromatic carbocycles. The van der Waals surface area contributed by atoms with Crippen LogP contribution < -0.4 is 0 Å². The summed E-state index contributed by atoms with van der Waals surface area (Å²) in [5.41, 5.74) is -2.88. The maximum absolute atomic E-state index is 12.9. The van der Waals surface area contributed by atoms with E-state index in [2.05, 4.69) is 20.4 Å². The van der Waals surface area contributed by atoms with Gasteiger partial charge in [0, 0.05) is 6.42 Å². The highest BCUT2D eigenvalue weighted by molar-refractivity contribution is 5.89. The third-order valence-corrected chi connectivity index (χ3v) is 7.67. The van der Waals surface area contributed by atoms with Crippen LogP contribution in [0.5, 0.6) is 0 Å². The molecule has 5 aliphatic rings. The highest BCUT2D eigenvalue weighted by Gasteiger charge is 2.62. The van der Waals surface area contributed by atoms with Gasteiger partial charge in [-0.2, -0.15) is 13.2 Å². The predicted octanol–water partition coefficient (Wildman–Crippen LogP) is 5.72. The van der Waals surface area contributed by atoms with Gasteiger partial charge < -0.3 is 9.47 Å². The largest absolute Gasteiger partial charge is 0.455 e. The van der Waals surface area contributed by atoms with Crippen molar-refractivity contribution in [2.75, 3.05) is 0 Å². The molecule has 4 bridgehead atoms. The van der Waals surface area contributed by atoms with E-state index in [4.69, 9.17) is 9.47 Å². The van der Waals surface area contributed by atoms with Gasteiger partial charge in [-0.15, -0.1) is 0 Å². The monoisotopic (exact) mass is 400 g/mol. The number of carbonyl (C=O) groups is 1. The molecule has 0 N–H and O–H groups in total. The van der Waals surface area contributed by atoms with Crippen LogP contribution in [-0.2, 0) is 14.3 Å². The number of ether oxygens (including phenoxy) is 2. The lowest BCUT2D eigenvalue weighted by Crippen LogP contribution is -2.63. The zero-order valence-electron chi connectivity index (χ0n) is 16.9. The van der Waals surface area contributed by atoms with E-state index >= 15 is 0 Å². The first kappa shape index (κ1) is 20.2. The van der Waals surface area contributed by atoms with Crippen molar-refractivity contribution in [1.29, 1.82) is 0 Å². The van der Waals surface area contributed by atoms with Crippen molar-refractivity contribution in [2.24, 2.45) is 17.8 Å². The minimum Gasteiger partial charge on any atom is -0.455 e. The Balaban J connectivity index is 1.53. The normalized spacial score (nSPS) is 38.0. The van der Waals surface area contributed by atoms with Gasteiger partial charge in [-0.25, -0.2) is 4.79 Å². The molecule has 158 valence electrons. The van der Waals surface area contributed by atoms with E-state index in [9.17, 15) is 18.0 Å². The van der Waals surface area contributed by atoms with E-state index in [-0.39, 0.29) is 11.2 Å². The smallest absolute Gasteiger partial charge is 0.422 e. The summed E-state index contributed by atoms with van der Waals surface area (Å²) in [7, 11) is 0.